The molecule has 0 N–H and O–H groups in total. The molecule has 0 spiro atoms. The van der Waals surface area contributed by atoms with Crippen LogP contribution in [0.15, 0.2) is 9.85 Å². The molecule has 15 heavy (non-hydrogen) atoms. The van der Waals surface area contributed by atoms with E-state index in [0.29, 0.717) is 6.61 Å². The van der Waals surface area contributed by atoms with Crippen LogP contribution in [0.4, 0.5) is 0 Å². The largest absolute Gasteiger partial charge is 0.411 e. The van der Waals surface area contributed by atoms with Crippen LogP contribution in [0.1, 0.15) is 26.5 Å². The maximum atomic E-state index is 6.06. The average Bonchev–Trinajstić information content (AvgIpc) is 2.46. The van der Waals surface area contributed by atoms with Gasteiger partial charge in [-0.15, -0.1) is 0 Å². The van der Waals surface area contributed by atoms with E-state index in [2.05, 4.69) is 54.2 Å². The quantitative estimate of drug-likeness (QED) is 0.771. The Labute approximate surface area is 105 Å². The molecule has 0 aliphatic heterocycles. The lowest BCUT2D eigenvalue weighted by Crippen LogP contribution is -2.40. The smallest absolute Gasteiger partial charge is 0.192 e. The Morgan fingerprint density at radius 3 is 2.47 bits per heavy atom. The fraction of sp³-hybridized carbons (Fsp3) is 0.700. The minimum absolute atomic E-state index is 0.264. The van der Waals surface area contributed by atoms with Crippen LogP contribution in [0, 0.1) is 0 Å². The number of rotatable bonds is 3. The summed E-state index contributed by atoms with van der Waals surface area (Å²) < 4.78 is 11.4. The highest BCUT2D eigenvalue weighted by Gasteiger charge is 2.37. The van der Waals surface area contributed by atoms with E-state index in [1.165, 1.54) is 11.5 Å². The van der Waals surface area contributed by atoms with Crippen LogP contribution < -0.4 is 0 Å². The number of nitrogens with zero attached hydrogens (tertiary/aromatic N) is 1. The van der Waals surface area contributed by atoms with E-state index < -0.39 is 8.32 Å². The van der Waals surface area contributed by atoms with E-state index in [-0.39, 0.29) is 5.04 Å². The first-order valence-electron chi connectivity index (χ1n) is 4.97. The fourth-order valence-corrected chi connectivity index (χ4v) is 2.75. The van der Waals surface area contributed by atoms with Crippen LogP contribution in [0.25, 0.3) is 0 Å². The van der Waals surface area contributed by atoms with Crippen LogP contribution in [0.2, 0.25) is 18.1 Å². The Kier molecular flexibility index (Phi) is 4.14. The summed E-state index contributed by atoms with van der Waals surface area (Å²) in [6, 6.07) is 2.03. The monoisotopic (exact) mass is 307 g/mol. The van der Waals surface area contributed by atoms with Gasteiger partial charge in [0.1, 0.15) is 0 Å². The zero-order valence-corrected chi connectivity index (χ0v) is 13.3. The number of aromatic nitrogens is 1. The van der Waals surface area contributed by atoms with E-state index >= 15 is 0 Å². The number of halogens is 1. The van der Waals surface area contributed by atoms with Crippen LogP contribution in [0.3, 0.4) is 0 Å². The van der Waals surface area contributed by atoms with Crippen molar-refractivity contribution < 1.29 is 4.43 Å². The summed E-state index contributed by atoms with van der Waals surface area (Å²) in [6.45, 7) is 11.9. The molecular weight excluding hydrogens is 290 g/mol. The molecule has 0 atom stereocenters. The van der Waals surface area contributed by atoms with Crippen LogP contribution in [-0.2, 0) is 11.0 Å². The molecule has 2 nitrogen and oxygen atoms in total. The topological polar surface area (TPSA) is 22.1 Å². The Morgan fingerprint density at radius 1 is 1.47 bits per heavy atom. The summed E-state index contributed by atoms with van der Waals surface area (Å²) in [5.74, 6) is 0. The van der Waals surface area contributed by atoms with Gasteiger partial charge in [0.15, 0.2) is 8.32 Å². The van der Waals surface area contributed by atoms with Gasteiger partial charge in [0, 0.05) is 0 Å². The molecule has 1 aromatic rings. The van der Waals surface area contributed by atoms with Crippen LogP contribution >= 0.6 is 27.5 Å². The molecule has 0 aromatic carbocycles. The summed E-state index contributed by atoms with van der Waals surface area (Å²) in [5.41, 5.74) is 1.02. The lowest BCUT2D eigenvalue weighted by molar-refractivity contribution is 0.273. The normalized spacial score (nSPS) is 13.2. The molecule has 0 aliphatic rings. The lowest BCUT2D eigenvalue weighted by atomic mass is 10.2. The van der Waals surface area contributed by atoms with Gasteiger partial charge in [0.2, 0.25) is 0 Å². The minimum atomic E-state index is -1.63. The van der Waals surface area contributed by atoms with Gasteiger partial charge in [0.05, 0.1) is 16.1 Å². The fourth-order valence-electron chi connectivity index (χ4n) is 0.825. The maximum Gasteiger partial charge on any atom is 0.192 e. The zero-order valence-electron chi connectivity index (χ0n) is 9.93. The van der Waals surface area contributed by atoms with E-state index in [1.54, 1.807) is 0 Å². The van der Waals surface area contributed by atoms with Crippen molar-refractivity contribution in [2.75, 3.05) is 0 Å². The molecule has 0 fully saturated rings. The van der Waals surface area contributed by atoms with Gasteiger partial charge in [-0.2, -0.15) is 4.37 Å². The molecule has 0 bridgehead atoms. The predicted molar refractivity (Wildman–Crippen MR) is 71.8 cm³/mol. The SMILES string of the molecule is CC(C)(C)[Si](C)(C)OCc1cc(Br)sn1. The van der Waals surface area contributed by atoms with E-state index in [1.807, 2.05) is 6.07 Å². The van der Waals surface area contributed by atoms with Crippen molar-refractivity contribution in [1.82, 2.24) is 4.37 Å². The molecule has 0 aliphatic carbocycles. The standard InChI is InChI=1S/C10H18BrNOSSi/c1-10(2,3)15(4,5)13-7-8-6-9(11)14-12-8/h6H,7H2,1-5H3. The lowest BCUT2D eigenvalue weighted by Gasteiger charge is -2.35. The van der Waals surface area contributed by atoms with Gasteiger partial charge in [-0.25, -0.2) is 0 Å². The molecule has 1 aromatic heterocycles. The highest BCUT2D eigenvalue weighted by Crippen LogP contribution is 2.37. The summed E-state index contributed by atoms with van der Waals surface area (Å²) >= 11 is 4.87. The molecule has 0 unspecified atom stereocenters. The van der Waals surface area contributed by atoms with Gasteiger partial charge in [-0.05, 0) is 51.7 Å². The molecule has 86 valence electrons. The minimum Gasteiger partial charge on any atom is -0.411 e. The summed E-state index contributed by atoms with van der Waals surface area (Å²) in [5, 5.41) is 0.264. The van der Waals surface area contributed by atoms with Crippen molar-refractivity contribution in [2.24, 2.45) is 0 Å². The average molecular weight is 308 g/mol. The molecule has 0 radical (unpaired) electrons. The highest BCUT2D eigenvalue weighted by atomic mass is 79.9. The predicted octanol–water partition coefficient (Wildman–Crippen LogP) is 4.43. The second kappa shape index (κ2) is 4.65. The summed E-state index contributed by atoms with van der Waals surface area (Å²) in [7, 11) is -1.63. The zero-order chi connectivity index (χ0) is 11.7. The Hall–Kier alpha value is 0.287. The molecule has 5 heteroatoms. The maximum absolute atomic E-state index is 6.06. The van der Waals surface area contributed by atoms with Crippen molar-refractivity contribution in [3.8, 4) is 0 Å². The van der Waals surface area contributed by atoms with Crippen molar-refractivity contribution in [3.63, 3.8) is 0 Å². The first kappa shape index (κ1) is 13.4. The van der Waals surface area contributed by atoms with Gasteiger partial charge >= 0.3 is 0 Å². The first-order chi connectivity index (χ1) is 6.72. The molecule has 1 heterocycles. The molecular formula is C10H18BrNOSSi. The molecule has 0 saturated carbocycles. The van der Waals surface area contributed by atoms with Crippen molar-refractivity contribution in [1.29, 1.82) is 0 Å². The van der Waals surface area contributed by atoms with Crippen molar-refractivity contribution in [2.45, 2.75) is 45.5 Å². The second-order valence-electron chi connectivity index (χ2n) is 5.17. The first-order valence-corrected chi connectivity index (χ1v) is 9.45. The summed E-state index contributed by atoms with van der Waals surface area (Å²) in [4.78, 5) is 0. The summed E-state index contributed by atoms with van der Waals surface area (Å²) in [6.07, 6.45) is 0. The molecule has 0 saturated heterocycles. The number of hydrogen-bond donors (Lipinski definition) is 0. The van der Waals surface area contributed by atoms with Crippen LogP contribution in [-0.4, -0.2) is 12.7 Å². The van der Waals surface area contributed by atoms with Gasteiger partial charge < -0.3 is 4.43 Å². The molecule has 1 rings (SSSR count). The third-order valence-corrected chi connectivity index (χ3v) is 8.68. The Bertz CT molecular complexity index is 332. The van der Waals surface area contributed by atoms with Gasteiger partial charge in [-0.3, -0.25) is 0 Å². The van der Waals surface area contributed by atoms with Crippen molar-refractivity contribution in [3.05, 3.63) is 15.5 Å². The van der Waals surface area contributed by atoms with E-state index in [0.717, 1.165) is 9.48 Å². The third-order valence-electron chi connectivity index (χ3n) is 2.92. The third kappa shape index (κ3) is 3.66. The van der Waals surface area contributed by atoms with Crippen LogP contribution in [0.5, 0.6) is 0 Å². The Morgan fingerprint density at radius 2 is 2.07 bits per heavy atom. The van der Waals surface area contributed by atoms with Gasteiger partial charge in [0.25, 0.3) is 0 Å². The Balaban J connectivity index is 2.57. The van der Waals surface area contributed by atoms with Crippen molar-refractivity contribution >= 4 is 35.8 Å². The second-order valence-corrected chi connectivity index (χ2v) is 12.2. The molecule has 0 amide bonds. The number of hydrogen-bond acceptors (Lipinski definition) is 3. The van der Waals surface area contributed by atoms with Gasteiger partial charge in [-0.1, -0.05) is 20.8 Å². The van der Waals surface area contributed by atoms with E-state index in [4.69, 9.17) is 4.43 Å². The highest BCUT2D eigenvalue weighted by molar-refractivity contribution is 9.11. The van der Waals surface area contributed by atoms with E-state index in [9.17, 15) is 0 Å².